The second-order valence-corrected chi connectivity index (χ2v) is 9.84. The van der Waals surface area contributed by atoms with Gasteiger partial charge >= 0.3 is 5.97 Å². The van der Waals surface area contributed by atoms with E-state index in [0.29, 0.717) is 11.8 Å². The van der Waals surface area contributed by atoms with Crippen LogP contribution in [-0.2, 0) is 19.6 Å². The van der Waals surface area contributed by atoms with Gasteiger partial charge < -0.3 is 4.74 Å². The fraction of sp³-hybridized carbons (Fsp3) is 0.941. The van der Waals surface area contributed by atoms with E-state index in [1.807, 2.05) is 34.6 Å². The van der Waals surface area contributed by atoms with Crippen molar-refractivity contribution in [2.75, 3.05) is 7.11 Å². The van der Waals surface area contributed by atoms with Crippen LogP contribution in [0.5, 0.6) is 0 Å². The summed E-state index contributed by atoms with van der Waals surface area (Å²) in [5.41, 5.74) is -0.347. The highest BCUT2D eigenvalue weighted by atomic mass is 32.2. The number of rotatable bonds is 4. The van der Waals surface area contributed by atoms with Crippen LogP contribution in [0.2, 0.25) is 0 Å². The smallest absolute Gasteiger partial charge is 0.308 e. The number of hydrogen-bond acceptors (Lipinski definition) is 4. The third kappa shape index (κ3) is 6.07. The lowest BCUT2D eigenvalue weighted by atomic mass is 10.0. The van der Waals surface area contributed by atoms with Crippen LogP contribution in [0.15, 0.2) is 0 Å². The van der Waals surface area contributed by atoms with E-state index in [9.17, 15) is 13.2 Å². The van der Waals surface area contributed by atoms with Gasteiger partial charge in [-0.2, -0.15) is 0 Å². The van der Waals surface area contributed by atoms with Gasteiger partial charge in [-0.05, 0) is 58.3 Å². The van der Waals surface area contributed by atoms with Gasteiger partial charge in [-0.25, -0.2) is 13.1 Å². The third-order valence-electron chi connectivity index (χ3n) is 4.74. The van der Waals surface area contributed by atoms with Gasteiger partial charge in [0, 0.05) is 5.54 Å². The van der Waals surface area contributed by atoms with Crippen molar-refractivity contribution in [3.05, 3.63) is 0 Å². The molecule has 4 unspecified atom stereocenters. The van der Waals surface area contributed by atoms with Crippen LogP contribution in [0, 0.1) is 17.8 Å². The normalized spacial score (nSPS) is 28.0. The Bertz CT molecular complexity index is 495. The Kier molecular flexibility index (Phi) is 7.08. The van der Waals surface area contributed by atoms with Gasteiger partial charge in [0.05, 0.1) is 18.3 Å². The molecule has 4 atom stereocenters. The lowest BCUT2D eigenvalue weighted by molar-refractivity contribution is -0.144. The Morgan fingerprint density at radius 1 is 1.26 bits per heavy atom. The van der Waals surface area contributed by atoms with Crippen molar-refractivity contribution in [3.63, 3.8) is 0 Å². The predicted molar refractivity (Wildman–Crippen MR) is 92.5 cm³/mol. The van der Waals surface area contributed by atoms with Crippen molar-refractivity contribution in [2.45, 2.75) is 77.5 Å². The van der Waals surface area contributed by atoms with Gasteiger partial charge in [0.25, 0.3) is 0 Å². The minimum absolute atomic E-state index is 0.0556. The number of fused-ring (bicyclic) bond motifs is 2. The maximum atomic E-state index is 12.1. The topological polar surface area (TPSA) is 72.5 Å². The molecule has 0 aliphatic heterocycles. The minimum Gasteiger partial charge on any atom is -0.469 e. The highest BCUT2D eigenvalue weighted by Crippen LogP contribution is 2.47. The van der Waals surface area contributed by atoms with Crippen molar-refractivity contribution in [1.29, 1.82) is 0 Å². The fourth-order valence-electron chi connectivity index (χ4n) is 3.44. The van der Waals surface area contributed by atoms with Gasteiger partial charge in [-0.1, -0.05) is 20.3 Å². The summed E-state index contributed by atoms with van der Waals surface area (Å²) in [5, 5.41) is -0.115. The molecule has 0 aromatic heterocycles. The molecule has 6 heteroatoms. The monoisotopic (exact) mass is 347 g/mol. The molecule has 0 heterocycles. The van der Waals surface area contributed by atoms with Crippen LogP contribution in [0.1, 0.15) is 66.7 Å². The Hall–Kier alpha value is -0.620. The molecular weight excluding hydrogens is 314 g/mol. The first-order valence-electron chi connectivity index (χ1n) is 8.60. The molecule has 0 amide bonds. The van der Waals surface area contributed by atoms with Crippen molar-refractivity contribution in [1.82, 2.24) is 4.72 Å². The Labute approximate surface area is 141 Å². The van der Waals surface area contributed by atoms with E-state index in [1.165, 1.54) is 13.5 Å². The summed E-state index contributed by atoms with van der Waals surface area (Å²) >= 11 is 0. The number of nitrogens with one attached hydrogen (secondary N) is 1. The van der Waals surface area contributed by atoms with E-state index >= 15 is 0 Å². The number of sulfonamides is 1. The molecule has 1 N–H and O–H groups in total. The molecule has 0 radical (unpaired) electrons. The summed E-state index contributed by atoms with van der Waals surface area (Å²) in [4.78, 5) is 10.5. The molecule has 2 rings (SSSR count). The van der Waals surface area contributed by atoms with Crippen LogP contribution in [0.4, 0.5) is 0 Å². The molecule has 2 aliphatic rings. The van der Waals surface area contributed by atoms with Crippen LogP contribution in [0.3, 0.4) is 0 Å². The van der Waals surface area contributed by atoms with Gasteiger partial charge in [0.15, 0.2) is 0 Å². The molecule has 0 saturated heterocycles. The van der Waals surface area contributed by atoms with Crippen LogP contribution in [0.25, 0.3) is 0 Å². The molecule has 2 aliphatic carbocycles. The summed E-state index contributed by atoms with van der Waals surface area (Å²) in [6, 6.07) is 0. The molecule has 2 bridgehead atoms. The van der Waals surface area contributed by atoms with E-state index in [2.05, 4.69) is 9.46 Å². The molecule has 0 spiro atoms. The van der Waals surface area contributed by atoms with Crippen molar-refractivity contribution >= 4 is 16.0 Å². The van der Waals surface area contributed by atoms with Gasteiger partial charge in [-0.15, -0.1) is 0 Å². The number of hydrogen-bond donors (Lipinski definition) is 1. The zero-order valence-electron chi connectivity index (χ0n) is 15.4. The Morgan fingerprint density at radius 3 is 2.17 bits per heavy atom. The SMILES string of the molecule is CC(C)(C)NS(=O)(=O)C1CC2CCC1C2.CCC(C)C(=O)OC. The number of methoxy groups -OCH3 is 1. The van der Waals surface area contributed by atoms with Gasteiger partial charge in [0.2, 0.25) is 10.0 Å². The lowest BCUT2D eigenvalue weighted by Gasteiger charge is -2.27. The standard InChI is InChI=1S/C11H21NO2S.C6H12O2/c1-11(2,3)12-15(13,14)10-7-8-4-5-9(10)6-8;1-4-5(2)6(7)8-3/h8-10,12H,4-7H2,1-3H3;5H,4H2,1-3H3. The summed E-state index contributed by atoms with van der Waals surface area (Å²) in [6.07, 6.45) is 5.23. The summed E-state index contributed by atoms with van der Waals surface area (Å²) in [6.45, 7) is 9.51. The maximum absolute atomic E-state index is 12.1. The number of ether oxygens (including phenoxy) is 1. The largest absolute Gasteiger partial charge is 0.469 e. The van der Waals surface area contributed by atoms with E-state index in [4.69, 9.17) is 0 Å². The molecular formula is C17H33NO4S. The van der Waals surface area contributed by atoms with Gasteiger partial charge in [0.1, 0.15) is 0 Å². The molecule has 5 nitrogen and oxygen atoms in total. The Morgan fingerprint density at radius 2 is 1.87 bits per heavy atom. The second kappa shape index (κ2) is 7.97. The van der Waals surface area contributed by atoms with Crippen LogP contribution >= 0.6 is 0 Å². The fourth-order valence-corrected chi connectivity index (χ4v) is 5.72. The van der Waals surface area contributed by atoms with Crippen molar-refractivity contribution in [2.24, 2.45) is 17.8 Å². The van der Waals surface area contributed by atoms with E-state index in [-0.39, 0.29) is 22.7 Å². The number of carbonyl (C=O) groups is 1. The highest BCUT2D eigenvalue weighted by molar-refractivity contribution is 7.90. The van der Waals surface area contributed by atoms with Crippen molar-refractivity contribution in [3.8, 4) is 0 Å². The maximum Gasteiger partial charge on any atom is 0.308 e. The molecule has 0 aromatic rings. The molecule has 2 fully saturated rings. The zero-order chi connectivity index (χ0) is 17.8. The van der Waals surface area contributed by atoms with E-state index in [1.54, 1.807) is 0 Å². The first-order valence-corrected chi connectivity index (χ1v) is 10.2. The Balaban J connectivity index is 0.000000284. The first-order chi connectivity index (χ1) is 10.5. The second-order valence-electron chi connectivity index (χ2n) is 7.94. The highest BCUT2D eigenvalue weighted by Gasteiger charge is 2.46. The lowest BCUT2D eigenvalue weighted by Crippen LogP contribution is -2.46. The van der Waals surface area contributed by atoms with Crippen molar-refractivity contribution < 1.29 is 17.9 Å². The van der Waals surface area contributed by atoms with E-state index in [0.717, 1.165) is 25.7 Å². The number of carbonyl (C=O) groups excluding carboxylic acids is 1. The van der Waals surface area contributed by atoms with Gasteiger partial charge in [-0.3, -0.25) is 4.79 Å². The average molecular weight is 348 g/mol. The zero-order valence-corrected chi connectivity index (χ0v) is 16.2. The summed E-state index contributed by atoms with van der Waals surface area (Å²) < 4.78 is 31.5. The molecule has 2 saturated carbocycles. The average Bonchev–Trinajstić information content (AvgIpc) is 3.06. The van der Waals surface area contributed by atoms with Crippen LogP contribution in [-0.4, -0.2) is 32.3 Å². The quantitative estimate of drug-likeness (QED) is 0.793. The van der Waals surface area contributed by atoms with E-state index < -0.39 is 10.0 Å². The van der Waals surface area contributed by atoms with Crippen LogP contribution < -0.4 is 4.72 Å². The minimum atomic E-state index is -3.10. The third-order valence-corrected chi connectivity index (χ3v) is 7.01. The summed E-state index contributed by atoms with van der Waals surface area (Å²) in [5.74, 6) is 1.04. The first kappa shape index (κ1) is 20.4. The summed E-state index contributed by atoms with van der Waals surface area (Å²) in [7, 11) is -1.69. The predicted octanol–water partition coefficient (Wildman–Crippen LogP) is 3.10. The number of esters is 1. The molecule has 0 aromatic carbocycles. The molecule has 136 valence electrons. The molecule has 23 heavy (non-hydrogen) atoms.